The second kappa shape index (κ2) is 6.34. The Morgan fingerprint density at radius 3 is 2.88 bits per heavy atom. The largest absolute Gasteiger partial charge is 0.330 e. The van der Waals surface area contributed by atoms with Gasteiger partial charge in [-0.1, -0.05) is 17.7 Å². The summed E-state index contributed by atoms with van der Waals surface area (Å²) in [5.41, 5.74) is 7.56. The lowest BCUT2D eigenvalue weighted by Gasteiger charge is -2.16. The first kappa shape index (κ1) is 14.4. The van der Waals surface area contributed by atoms with Crippen LogP contribution in [0.25, 0.3) is 0 Å². The van der Waals surface area contributed by atoms with Gasteiger partial charge in [-0.05, 0) is 38.4 Å². The average Bonchev–Trinajstić information content (AvgIpc) is 2.71. The van der Waals surface area contributed by atoms with E-state index >= 15 is 0 Å². The van der Waals surface area contributed by atoms with Gasteiger partial charge in [0.2, 0.25) is 0 Å². The molecule has 17 heavy (non-hydrogen) atoms. The third-order valence-electron chi connectivity index (χ3n) is 3.30. The van der Waals surface area contributed by atoms with Gasteiger partial charge in [-0.3, -0.25) is 4.90 Å². The number of aryl methyl sites for hydroxylation is 1. The Kier molecular flexibility index (Phi) is 5.37. The van der Waals surface area contributed by atoms with E-state index in [0.717, 1.165) is 37.2 Å². The van der Waals surface area contributed by atoms with Gasteiger partial charge in [0, 0.05) is 18.7 Å². The van der Waals surface area contributed by atoms with Crippen LogP contribution in [0.2, 0.25) is 0 Å². The van der Waals surface area contributed by atoms with Crippen LogP contribution in [-0.2, 0) is 6.54 Å². The molecule has 2 nitrogen and oxygen atoms in total. The molecule has 1 unspecified atom stereocenters. The Morgan fingerprint density at radius 2 is 2.24 bits per heavy atom. The van der Waals surface area contributed by atoms with Crippen LogP contribution in [0.1, 0.15) is 17.5 Å². The molecule has 0 saturated carbocycles. The number of likely N-dealkylation sites (tertiary alicyclic amines) is 1. The van der Waals surface area contributed by atoms with Crippen LogP contribution in [0.3, 0.4) is 0 Å². The second-order valence-corrected chi connectivity index (χ2v) is 4.72. The number of rotatable bonds is 3. The van der Waals surface area contributed by atoms with Crippen molar-refractivity contribution in [1.82, 2.24) is 4.90 Å². The summed E-state index contributed by atoms with van der Waals surface area (Å²) >= 11 is 0. The molecule has 1 saturated heterocycles. The number of benzene rings is 1. The summed E-state index contributed by atoms with van der Waals surface area (Å²) in [6.07, 6.45) is 1.14. The molecule has 0 aliphatic carbocycles. The molecule has 96 valence electrons. The van der Waals surface area contributed by atoms with E-state index in [-0.39, 0.29) is 18.2 Å². The van der Waals surface area contributed by atoms with E-state index < -0.39 is 0 Å². The standard InChI is InChI=1S/C13H19FN2.ClH/c1-10-2-3-13(14)12(6-10)9-16-5-4-11(7-15)8-16;/h2-3,6,11H,4-5,7-9,15H2,1H3;1H. The van der Waals surface area contributed by atoms with Gasteiger partial charge < -0.3 is 5.73 Å². The fourth-order valence-electron chi connectivity index (χ4n) is 2.31. The number of hydrogen-bond acceptors (Lipinski definition) is 2. The molecule has 4 heteroatoms. The quantitative estimate of drug-likeness (QED) is 0.902. The number of halogens is 2. The van der Waals surface area contributed by atoms with Crippen LogP contribution < -0.4 is 5.73 Å². The minimum Gasteiger partial charge on any atom is -0.330 e. The highest BCUT2D eigenvalue weighted by Crippen LogP contribution is 2.19. The SMILES string of the molecule is Cc1ccc(F)c(CN2CCC(CN)C2)c1.Cl. The molecule has 1 atom stereocenters. The molecular formula is C13H20ClFN2. The molecule has 0 aromatic heterocycles. The summed E-state index contributed by atoms with van der Waals surface area (Å²) in [6.45, 7) is 5.49. The van der Waals surface area contributed by atoms with Gasteiger partial charge in [-0.15, -0.1) is 12.4 Å². The first-order valence-corrected chi connectivity index (χ1v) is 5.86. The van der Waals surface area contributed by atoms with Gasteiger partial charge in [-0.25, -0.2) is 4.39 Å². The molecule has 0 radical (unpaired) electrons. The molecule has 1 heterocycles. The molecule has 2 N–H and O–H groups in total. The first-order chi connectivity index (χ1) is 7.69. The Bertz CT molecular complexity index is 370. The van der Waals surface area contributed by atoms with Gasteiger partial charge in [0.05, 0.1) is 0 Å². The highest BCUT2D eigenvalue weighted by Gasteiger charge is 2.21. The van der Waals surface area contributed by atoms with Crippen molar-refractivity contribution in [3.8, 4) is 0 Å². The lowest BCUT2D eigenvalue weighted by Crippen LogP contribution is -2.23. The first-order valence-electron chi connectivity index (χ1n) is 5.86. The van der Waals surface area contributed by atoms with Crippen LogP contribution in [0.4, 0.5) is 4.39 Å². The summed E-state index contributed by atoms with van der Waals surface area (Å²) in [5, 5.41) is 0. The van der Waals surface area contributed by atoms with E-state index in [1.165, 1.54) is 0 Å². The maximum atomic E-state index is 13.6. The van der Waals surface area contributed by atoms with E-state index in [1.807, 2.05) is 19.1 Å². The highest BCUT2D eigenvalue weighted by molar-refractivity contribution is 5.85. The molecular weight excluding hydrogens is 239 g/mol. The zero-order valence-corrected chi connectivity index (χ0v) is 11.0. The fraction of sp³-hybridized carbons (Fsp3) is 0.538. The molecule has 1 aliphatic heterocycles. The Balaban J connectivity index is 0.00000144. The van der Waals surface area contributed by atoms with E-state index in [9.17, 15) is 4.39 Å². The Labute approximate surface area is 108 Å². The van der Waals surface area contributed by atoms with Crippen LogP contribution in [0.5, 0.6) is 0 Å². The van der Waals surface area contributed by atoms with Gasteiger partial charge in [-0.2, -0.15) is 0 Å². The summed E-state index contributed by atoms with van der Waals surface area (Å²) < 4.78 is 13.6. The zero-order chi connectivity index (χ0) is 11.5. The average molecular weight is 259 g/mol. The van der Waals surface area contributed by atoms with E-state index in [1.54, 1.807) is 6.07 Å². The van der Waals surface area contributed by atoms with Gasteiger partial charge in [0.1, 0.15) is 5.82 Å². The van der Waals surface area contributed by atoms with Crippen LogP contribution in [0, 0.1) is 18.7 Å². The minimum atomic E-state index is -0.0956. The van der Waals surface area contributed by atoms with Crippen molar-refractivity contribution in [2.24, 2.45) is 11.7 Å². The van der Waals surface area contributed by atoms with Crippen molar-refractivity contribution in [3.63, 3.8) is 0 Å². The number of hydrogen-bond donors (Lipinski definition) is 1. The predicted molar refractivity (Wildman–Crippen MR) is 70.8 cm³/mol. The van der Waals surface area contributed by atoms with E-state index in [4.69, 9.17) is 5.73 Å². The predicted octanol–water partition coefficient (Wildman–Crippen LogP) is 2.34. The summed E-state index contributed by atoms with van der Waals surface area (Å²) in [6, 6.07) is 5.30. The zero-order valence-electron chi connectivity index (χ0n) is 10.2. The highest BCUT2D eigenvalue weighted by atomic mass is 35.5. The summed E-state index contributed by atoms with van der Waals surface area (Å²) in [4.78, 5) is 2.29. The van der Waals surface area contributed by atoms with Gasteiger partial charge >= 0.3 is 0 Å². The molecule has 1 aromatic carbocycles. The normalized spacial score (nSPS) is 20.3. The maximum Gasteiger partial charge on any atom is 0.127 e. The molecule has 1 aromatic rings. The summed E-state index contributed by atoms with van der Waals surface area (Å²) in [5.74, 6) is 0.495. The third-order valence-corrected chi connectivity index (χ3v) is 3.30. The smallest absolute Gasteiger partial charge is 0.127 e. The second-order valence-electron chi connectivity index (χ2n) is 4.72. The van der Waals surface area contributed by atoms with Crippen molar-refractivity contribution in [3.05, 3.63) is 35.1 Å². The van der Waals surface area contributed by atoms with Gasteiger partial charge in [0.25, 0.3) is 0 Å². The van der Waals surface area contributed by atoms with Crippen molar-refractivity contribution < 1.29 is 4.39 Å². The molecule has 0 amide bonds. The monoisotopic (exact) mass is 258 g/mol. The van der Waals surface area contributed by atoms with Crippen molar-refractivity contribution >= 4 is 12.4 Å². The lowest BCUT2D eigenvalue weighted by molar-refractivity contribution is 0.312. The van der Waals surface area contributed by atoms with Crippen molar-refractivity contribution in [2.45, 2.75) is 19.9 Å². The van der Waals surface area contributed by atoms with Crippen molar-refractivity contribution in [1.29, 1.82) is 0 Å². The molecule has 0 bridgehead atoms. The Morgan fingerprint density at radius 1 is 1.47 bits per heavy atom. The molecule has 0 spiro atoms. The fourth-order valence-corrected chi connectivity index (χ4v) is 2.31. The van der Waals surface area contributed by atoms with E-state index in [0.29, 0.717) is 12.5 Å². The molecule has 1 fully saturated rings. The molecule has 1 aliphatic rings. The van der Waals surface area contributed by atoms with Crippen LogP contribution in [-0.4, -0.2) is 24.5 Å². The molecule has 2 rings (SSSR count). The lowest BCUT2D eigenvalue weighted by atomic mass is 10.1. The van der Waals surface area contributed by atoms with Crippen LogP contribution in [0.15, 0.2) is 18.2 Å². The summed E-state index contributed by atoms with van der Waals surface area (Å²) in [7, 11) is 0. The number of nitrogens with two attached hydrogens (primary N) is 1. The van der Waals surface area contributed by atoms with E-state index in [2.05, 4.69) is 4.90 Å². The van der Waals surface area contributed by atoms with Crippen LogP contribution >= 0.6 is 12.4 Å². The number of nitrogens with zero attached hydrogens (tertiary/aromatic N) is 1. The van der Waals surface area contributed by atoms with Crippen molar-refractivity contribution in [2.75, 3.05) is 19.6 Å². The Hall–Kier alpha value is -0.640. The minimum absolute atomic E-state index is 0. The topological polar surface area (TPSA) is 29.3 Å². The van der Waals surface area contributed by atoms with Gasteiger partial charge in [0.15, 0.2) is 0 Å². The maximum absolute atomic E-state index is 13.6. The third kappa shape index (κ3) is 3.66.